The van der Waals surface area contributed by atoms with Crippen LogP contribution in [0.4, 0.5) is 0 Å². The lowest BCUT2D eigenvalue weighted by atomic mass is 10.2. The van der Waals surface area contributed by atoms with Gasteiger partial charge in [0, 0.05) is 0 Å². The van der Waals surface area contributed by atoms with Crippen molar-refractivity contribution in [3.8, 4) is 11.5 Å². The molecule has 5 heteroatoms. The zero-order valence-corrected chi connectivity index (χ0v) is 11.9. The number of benzene rings is 1. The lowest BCUT2D eigenvalue weighted by Gasteiger charge is -2.11. The Bertz CT molecular complexity index is 527. The predicted molar refractivity (Wildman–Crippen MR) is 76.1 cm³/mol. The first-order chi connectivity index (χ1) is 9.26. The maximum atomic E-state index is 6.12. The summed E-state index contributed by atoms with van der Waals surface area (Å²) in [6.45, 7) is 5.15. The van der Waals surface area contributed by atoms with Crippen LogP contribution in [-0.2, 0) is 0 Å². The third-order valence-electron chi connectivity index (χ3n) is 2.89. The largest absolute Gasteiger partial charge is 0.419 e. The zero-order chi connectivity index (χ0) is 13.7. The number of hydrogen-bond acceptors (Lipinski definition) is 4. The van der Waals surface area contributed by atoms with Crippen LogP contribution >= 0.6 is 11.6 Å². The molecule has 1 aromatic heterocycles. The molecule has 0 spiro atoms. The smallest absolute Gasteiger partial charge is 0.249 e. The molecule has 0 amide bonds. The summed E-state index contributed by atoms with van der Waals surface area (Å²) in [6.07, 6.45) is 1.98. The van der Waals surface area contributed by atoms with Gasteiger partial charge >= 0.3 is 0 Å². The first-order valence-corrected chi connectivity index (χ1v) is 6.95. The molecule has 0 bridgehead atoms. The lowest BCUT2D eigenvalue weighted by molar-refractivity contribution is 0.396. The van der Waals surface area contributed by atoms with Gasteiger partial charge in [-0.1, -0.05) is 37.6 Å². The fourth-order valence-electron chi connectivity index (χ4n) is 1.84. The zero-order valence-electron chi connectivity index (χ0n) is 11.2. The molecule has 1 unspecified atom stereocenters. The maximum absolute atomic E-state index is 6.12. The standard InChI is InChI=1S/C14H18ClN3O/c1-3-9-16-12(4-2)14-18-17-13(19-14)10-7-5-6-8-11(10)15/h5-8,12,16H,3-4,9H2,1-2H3. The van der Waals surface area contributed by atoms with Crippen molar-refractivity contribution in [2.45, 2.75) is 32.7 Å². The molecule has 0 fully saturated rings. The van der Waals surface area contributed by atoms with Crippen LogP contribution in [0.15, 0.2) is 28.7 Å². The van der Waals surface area contributed by atoms with E-state index in [2.05, 4.69) is 29.4 Å². The van der Waals surface area contributed by atoms with E-state index in [4.69, 9.17) is 16.0 Å². The van der Waals surface area contributed by atoms with Gasteiger partial charge in [-0.2, -0.15) is 0 Å². The highest BCUT2D eigenvalue weighted by Crippen LogP contribution is 2.27. The molecule has 2 aromatic rings. The number of halogens is 1. The van der Waals surface area contributed by atoms with E-state index in [0.29, 0.717) is 16.8 Å². The summed E-state index contributed by atoms with van der Waals surface area (Å²) in [6, 6.07) is 7.56. The van der Waals surface area contributed by atoms with Crippen LogP contribution < -0.4 is 5.32 Å². The van der Waals surface area contributed by atoms with E-state index >= 15 is 0 Å². The first-order valence-electron chi connectivity index (χ1n) is 6.58. The van der Waals surface area contributed by atoms with Crippen LogP contribution in [0.2, 0.25) is 5.02 Å². The van der Waals surface area contributed by atoms with Crippen molar-refractivity contribution in [3.63, 3.8) is 0 Å². The second kappa shape index (κ2) is 6.68. The minimum absolute atomic E-state index is 0.101. The molecule has 0 aliphatic rings. The molecule has 0 radical (unpaired) electrons. The highest BCUT2D eigenvalue weighted by Gasteiger charge is 2.17. The molecule has 0 saturated carbocycles. The third-order valence-corrected chi connectivity index (χ3v) is 3.22. The second-order valence-electron chi connectivity index (χ2n) is 4.34. The highest BCUT2D eigenvalue weighted by molar-refractivity contribution is 6.33. The Morgan fingerprint density at radius 1 is 1.26 bits per heavy atom. The van der Waals surface area contributed by atoms with Crippen LogP contribution in [0.3, 0.4) is 0 Å². The second-order valence-corrected chi connectivity index (χ2v) is 4.75. The van der Waals surface area contributed by atoms with E-state index in [0.717, 1.165) is 24.9 Å². The Balaban J connectivity index is 2.21. The molecule has 1 heterocycles. The molecule has 4 nitrogen and oxygen atoms in total. The molecule has 0 saturated heterocycles. The lowest BCUT2D eigenvalue weighted by Crippen LogP contribution is -2.21. The van der Waals surface area contributed by atoms with Crippen LogP contribution in [0.1, 0.15) is 38.6 Å². The fraction of sp³-hybridized carbons (Fsp3) is 0.429. The topological polar surface area (TPSA) is 51.0 Å². The Kier molecular flexibility index (Phi) is 4.93. The average Bonchev–Trinajstić information content (AvgIpc) is 2.90. The van der Waals surface area contributed by atoms with Crippen molar-refractivity contribution in [3.05, 3.63) is 35.2 Å². The quantitative estimate of drug-likeness (QED) is 0.873. The summed E-state index contributed by atoms with van der Waals surface area (Å²) in [5, 5.41) is 12.2. The summed E-state index contributed by atoms with van der Waals surface area (Å²) >= 11 is 6.12. The minimum atomic E-state index is 0.101. The SMILES string of the molecule is CCCNC(CC)c1nnc(-c2ccccc2Cl)o1. The number of hydrogen-bond donors (Lipinski definition) is 1. The first kappa shape index (κ1) is 14.0. The molecule has 1 N–H and O–H groups in total. The van der Waals surface area contributed by atoms with Gasteiger partial charge in [-0.25, -0.2) is 0 Å². The van der Waals surface area contributed by atoms with Gasteiger partial charge in [-0.15, -0.1) is 10.2 Å². The van der Waals surface area contributed by atoms with E-state index in [1.54, 1.807) is 0 Å². The van der Waals surface area contributed by atoms with Crippen LogP contribution in [0.25, 0.3) is 11.5 Å². The van der Waals surface area contributed by atoms with Crippen molar-refractivity contribution in [2.24, 2.45) is 0 Å². The third kappa shape index (κ3) is 3.33. The highest BCUT2D eigenvalue weighted by atomic mass is 35.5. The van der Waals surface area contributed by atoms with Crippen molar-refractivity contribution >= 4 is 11.6 Å². The van der Waals surface area contributed by atoms with Gasteiger partial charge in [-0.3, -0.25) is 0 Å². The number of nitrogens with zero attached hydrogens (tertiary/aromatic N) is 2. The number of rotatable bonds is 6. The summed E-state index contributed by atoms with van der Waals surface area (Å²) in [5.74, 6) is 1.09. The normalized spacial score (nSPS) is 12.6. The molecule has 0 aliphatic carbocycles. The van der Waals surface area contributed by atoms with Crippen molar-refractivity contribution in [1.82, 2.24) is 15.5 Å². The van der Waals surface area contributed by atoms with Gasteiger partial charge in [0.15, 0.2) is 0 Å². The van der Waals surface area contributed by atoms with Gasteiger partial charge in [0.2, 0.25) is 11.8 Å². The van der Waals surface area contributed by atoms with Crippen molar-refractivity contribution in [1.29, 1.82) is 0 Å². The van der Waals surface area contributed by atoms with E-state index in [9.17, 15) is 0 Å². The average molecular weight is 280 g/mol. The molecule has 0 aliphatic heterocycles. The van der Waals surface area contributed by atoms with Crippen molar-refractivity contribution < 1.29 is 4.42 Å². The van der Waals surface area contributed by atoms with Crippen LogP contribution in [-0.4, -0.2) is 16.7 Å². The van der Waals surface area contributed by atoms with Gasteiger partial charge in [0.1, 0.15) is 0 Å². The Hall–Kier alpha value is -1.39. The number of aromatic nitrogens is 2. The Labute approximate surface area is 118 Å². The van der Waals surface area contributed by atoms with E-state index < -0.39 is 0 Å². The summed E-state index contributed by atoms with van der Waals surface area (Å²) in [5.41, 5.74) is 0.772. The molecule has 1 aromatic carbocycles. The van der Waals surface area contributed by atoms with Gasteiger partial charge in [-0.05, 0) is 31.5 Å². The minimum Gasteiger partial charge on any atom is -0.419 e. The van der Waals surface area contributed by atoms with Crippen LogP contribution in [0.5, 0.6) is 0 Å². The van der Waals surface area contributed by atoms with Crippen LogP contribution in [0, 0.1) is 0 Å². The molecular weight excluding hydrogens is 262 g/mol. The Morgan fingerprint density at radius 3 is 2.74 bits per heavy atom. The van der Waals surface area contributed by atoms with Gasteiger partial charge in [0.25, 0.3) is 0 Å². The summed E-state index contributed by atoms with van der Waals surface area (Å²) in [7, 11) is 0. The number of nitrogens with one attached hydrogen (secondary N) is 1. The predicted octanol–water partition coefficient (Wildman–Crippen LogP) is 3.84. The van der Waals surface area contributed by atoms with E-state index in [-0.39, 0.29) is 6.04 Å². The monoisotopic (exact) mass is 279 g/mol. The Morgan fingerprint density at radius 2 is 2.05 bits per heavy atom. The van der Waals surface area contributed by atoms with E-state index in [1.165, 1.54) is 0 Å². The molecule has 1 atom stereocenters. The molecule has 19 heavy (non-hydrogen) atoms. The maximum Gasteiger partial charge on any atom is 0.249 e. The van der Waals surface area contributed by atoms with Gasteiger partial charge < -0.3 is 9.73 Å². The fourth-order valence-corrected chi connectivity index (χ4v) is 2.06. The molecule has 2 rings (SSSR count). The van der Waals surface area contributed by atoms with E-state index in [1.807, 2.05) is 24.3 Å². The van der Waals surface area contributed by atoms with Gasteiger partial charge in [0.05, 0.1) is 16.6 Å². The van der Waals surface area contributed by atoms with Crippen molar-refractivity contribution in [2.75, 3.05) is 6.54 Å². The molecular formula is C14H18ClN3O. The molecule has 102 valence electrons. The summed E-state index contributed by atoms with van der Waals surface area (Å²) < 4.78 is 5.73. The summed E-state index contributed by atoms with van der Waals surface area (Å²) in [4.78, 5) is 0.